The fourth-order valence-corrected chi connectivity index (χ4v) is 1.60. The molecule has 0 radical (unpaired) electrons. The van der Waals surface area contributed by atoms with E-state index in [9.17, 15) is 14.4 Å². The van der Waals surface area contributed by atoms with E-state index < -0.39 is 17.4 Å². The molecule has 1 rings (SSSR count). The number of urea groups is 1. The lowest BCUT2D eigenvalue weighted by Crippen LogP contribution is -2.43. The molecule has 0 unspecified atom stereocenters. The van der Waals surface area contributed by atoms with E-state index in [4.69, 9.17) is 5.11 Å². The number of aromatic amines is 1. The highest BCUT2D eigenvalue weighted by atomic mass is 32.1. The number of carbonyl (C=O) groups excluding carboxylic acids is 1. The standard InChI is InChI=1S/C10H15N3O4S/c1-10(2,7(14)15)5-12-8(16)11-3-6-4-18-9(17)13-6/h4H,3,5H2,1-2H3,(H,13,17)(H,14,15)(H2,11,12,16). The summed E-state index contributed by atoms with van der Waals surface area (Å²) in [6, 6.07) is -0.476. The van der Waals surface area contributed by atoms with Crippen molar-refractivity contribution in [2.75, 3.05) is 6.54 Å². The third-order valence-electron chi connectivity index (χ3n) is 2.28. The molecule has 0 aliphatic rings. The first kappa shape index (κ1) is 14.2. The van der Waals surface area contributed by atoms with Gasteiger partial charge >= 0.3 is 16.9 Å². The van der Waals surface area contributed by atoms with Gasteiger partial charge < -0.3 is 20.7 Å². The molecule has 0 bridgehead atoms. The normalized spacial score (nSPS) is 11.0. The zero-order valence-corrected chi connectivity index (χ0v) is 10.9. The Morgan fingerprint density at radius 1 is 1.44 bits per heavy atom. The van der Waals surface area contributed by atoms with Gasteiger partial charge in [0.25, 0.3) is 0 Å². The highest BCUT2D eigenvalue weighted by molar-refractivity contribution is 7.07. The number of carboxylic acids is 1. The molecule has 0 atom stereocenters. The molecule has 0 aliphatic carbocycles. The van der Waals surface area contributed by atoms with Crippen molar-refractivity contribution in [3.05, 3.63) is 20.7 Å². The molecule has 0 saturated carbocycles. The Bertz CT molecular complexity index is 491. The monoisotopic (exact) mass is 273 g/mol. The lowest BCUT2D eigenvalue weighted by atomic mass is 9.94. The summed E-state index contributed by atoms with van der Waals surface area (Å²) in [7, 11) is 0. The number of thiazole rings is 1. The second kappa shape index (κ2) is 5.67. The number of nitrogens with one attached hydrogen (secondary N) is 3. The van der Waals surface area contributed by atoms with Gasteiger partial charge in [0.05, 0.1) is 12.0 Å². The Balaban J connectivity index is 2.34. The maximum atomic E-state index is 11.4. The highest BCUT2D eigenvalue weighted by Crippen LogP contribution is 2.12. The van der Waals surface area contributed by atoms with Gasteiger partial charge in [0.2, 0.25) is 0 Å². The van der Waals surface area contributed by atoms with E-state index in [2.05, 4.69) is 15.6 Å². The zero-order valence-electron chi connectivity index (χ0n) is 10.1. The van der Waals surface area contributed by atoms with Gasteiger partial charge in [0.15, 0.2) is 0 Å². The second-order valence-corrected chi connectivity index (χ2v) is 5.24. The van der Waals surface area contributed by atoms with E-state index >= 15 is 0 Å². The van der Waals surface area contributed by atoms with Crippen LogP contribution >= 0.6 is 11.3 Å². The number of H-pyrrole nitrogens is 1. The molecule has 4 N–H and O–H groups in total. The third-order valence-corrected chi connectivity index (χ3v) is 3.00. The Morgan fingerprint density at radius 2 is 2.11 bits per heavy atom. The van der Waals surface area contributed by atoms with E-state index in [0.717, 1.165) is 11.3 Å². The van der Waals surface area contributed by atoms with E-state index in [0.29, 0.717) is 5.69 Å². The van der Waals surface area contributed by atoms with Crippen LogP contribution in [0.5, 0.6) is 0 Å². The van der Waals surface area contributed by atoms with Crippen LogP contribution in [0, 0.1) is 5.41 Å². The van der Waals surface area contributed by atoms with Gasteiger partial charge in [-0.3, -0.25) is 9.59 Å². The SMILES string of the molecule is CC(C)(CNC(=O)NCc1csc(=O)[nH]1)C(=O)O. The van der Waals surface area contributed by atoms with Crippen molar-refractivity contribution in [1.29, 1.82) is 0 Å². The van der Waals surface area contributed by atoms with E-state index in [1.54, 1.807) is 5.38 Å². The topological polar surface area (TPSA) is 111 Å². The summed E-state index contributed by atoms with van der Waals surface area (Å²) in [5, 5.41) is 15.4. The van der Waals surface area contributed by atoms with Gasteiger partial charge in [-0.1, -0.05) is 11.3 Å². The van der Waals surface area contributed by atoms with Crippen LogP contribution < -0.4 is 15.5 Å². The zero-order chi connectivity index (χ0) is 13.8. The number of hydrogen-bond acceptors (Lipinski definition) is 4. The van der Waals surface area contributed by atoms with Gasteiger partial charge in [-0.15, -0.1) is 0 Å². The smallest absolute Gasteiger partial charge is 0.315 e. The lowest BCUT2D eigenvalue weighted by Gasteiger charge is -2.19. The van der Waals surface area contributed by atoms with Crippen molar-refractivity contribution < 1.29 is 14.7 Å². The largest absolute Gasteiger partial charge is 0.481 e. The summed E-state index contributed by atoms with van der Waals surface area (Å²) in [6.07, 6.45) is 0. The average Bonchev–Trinajstić information content (AvgIpc) is 2.69. The Morgan fingerprint density at radius 3 is 2.61 bits per heavy atom. The average molecular weight is 273 g/mol. The molecular formula is C10H15N3O4S. The maximum absolute atomic E-state index is 11.4. The number of rotatable bonds is 5. The maximum Gasteiger partial charge on any atom is 0.315 e. The molecule has 0 aliphatic heterocycles. The first-order valence-electron chi connectivity index (χ1n) is 5.23. The highest BCUT2D eigenvalue weighted by Gasteiger charge is 2.27. The van der Waals surface area contributed by atoms with Crippen molar-refractivity contribution in [3.63, 3.8) is 0 Å². The van der Waals surface area contributed by atoms with Crippen LogP contribution in [0.15, 0.2) is 10.2 Å². The van der Waals surface area contributed by atoms with Crippen LogP contribution in [-0.2, 0) is 11.3 Å². The summed E-state index contributed by atoms with van der Waals surface area (Å²) in [4.78, 5) is 35.4. The molecule has 0 fully saturated rings. The Labute approximate surface area is 107 Å². The Kier molecular flexibility index (Phi) is 4.49. The van der Waals surface area contributed by atoms with Crippen LogP contribution in [0.4, 0.5) is 4.79 Å². The summed E-state index contributed by atoms with van der Waals surface area (Å²) in [5.74, 6) is -0.982. The van der Waals surface area contributed by atoms with E-state index in [1.807, 2.05) is 0 Å². The van der Waals surface area contributed by atoms with Crippen LogP contribution in [0.1, 0.15) is 19.5 Å². The molecule has 100 valence electrons. The second-order valence-electron chi connectivity index (χ2n) is 4.40. The summed E-state index contributed by atoms with van der Waals surface area (Å²) < 4.78 is 0. The number of aliphatic carboxylic acids is 1. The molecule has 2 amide bonds. The number of carboxylic acid groups (broad SMARTS) is 1. The molecule has 1 aromatic heterocycles. The molecule has 1 heterocycles. The van der Waals surface area contributed by atoms with Gasteiger partial charge in [0.1, 0.15) is 0 Å². The van der Waals surface area contributed by atoms with Gasteiger partial charge in [0, 0.05) is 17.6 Å². The van der Waals surface area contributed by atoms with Crippen LogP contribution in [0.2, 0.25) is 0 Å². The van der Waals surface area contributed by atoms with Crippen LogP contribution in [0.25, 0.3) is 0 Å². The van der Waals surface area contributed by atoms with Crippen LogP contribution in [0.3, 0.4) is 0 Å². The number of hydrogen-bond donors (Lipinski definition) is 4. The van der Waals surface area contributed by atoms with Crippen molar-refractivity contribution in [2.45, 2.75) is 20.4 Å². The first-order chi connectivity index (χ1) is 8.31. The molecule has 0 aromatic carbocycles. The summed E-state index contributed by atoms with van der Waals surface area (Å²) in [5.41, 5.74) is -0.411. The predicted octanol–water partition coefficient (Wildman–Crippen LogP) is 0.346. The van der Waals surface area contributed by atoms with Crippen molar-refractivity contribution >= 4 is 23.3 Å². The Hall–Kier alpha value is -1.83. The minimum Gasteiger partial charge on any atom is -0.481 e. The van der Waals surface area contributed by atoms with E-state index in [1.165, 1.54) is 13.8 Å². The molecule has 1 aromatic rings. The first-order valence-corrected chi connectivity index (χ1v) is 6.11. The van der Waals surface area contributed by atoms with Crippen molar-refractivity contribution in [2.24, 2.45) is 5.41 Å². The molecule has 8 heteroatoms. The quantitative estimate of drug-likeness (QED) is 0.620. The van der Waals surface area contributed by atoms with Crippen LogP contribution in [-0.4, -0.2) is 28.6 Å². The van der Waals surface area contributed by atoms with E-state index in [-0.39, 0.29) is 18.0 Å². The molecular weight excluding hydrogens is 258 g/mol. The molecule has 7 nitrogen and oxygen atoms in total. The molecule has 0 saturated heterocycles. The molecule has 0 spiro atoms. The predicted molar refractivity (Wildman–Crippen MR) is 66.6 cm³/mol. The lowest BCUT2D eigenvalue weighted by molar-refractivity contribution is -0.146. The minimum absolute atomic E-state index is 0.0221. The van der Waals surface area contributed by atoms with Gasteiger partial charge in [-0.05, 0) is 13.8 Å². The molecule has 18 heavy (non-hydrogen) atoms. The number of amides is 2. The van der Waals surface area contributed by atoms with Gasteiger partial charge in [-0.25, -0.2) is 4.79 Å². The summed E-state index contributed by atoms with van der Waals surface area (Å²) >= 11 is 1.02. The van der Waals surface area contributed by atoms with Crippen molar-refractivity contribution in [3.8, 4) is 0 Å². The summed E-state index contributed by atoms with van der Waals surface area (Å²) in [6.45, 7) is 3.25. The van der Waals surface area contributed by atoms with Crippen molar-refractivity contribution in [1.82, 2.24) is 15.6 Å². The van der Waals surface area contributed by atoms with Gasteiger partial charge in [-0.2, -0.15) is 0 Å². The minimum atomic E-state index is -1.02. The third kappa shape index (κ3) is 4.21. The number of aromatic nitrogens is 1. The number of carbonyl (C=O) groups is 2. The fourth-order valence-electron chi connectivity index (χ4n) is 1.02. The fraction of sp³-hybridized carbons (Fsp3) is 0.500.